The lowest BCUT2D eigenvalue weighted by Crippen LogP contribution is -2.32. The maximum Gasteiger partial charge on any atom is 0.243 e. The maximum absolute atomic E-state index is 11.1. The van der Waals surface area contributed by atoms with Gasteiger partial charge in [0.25, 0.3) is 0 Å². The van der Waals surface area contributed by atoms with Crippen LogP contribution >= 0.6 is 0 Å². The first-order chi connectivity index (χ1) is 7.67. The summed E-state index contributed by atoms with van der Waals surface area (Å²) in [6.07, 6.45) is 2.02. The molecule has 1 atom stereocenters. The first-order valence-electron chi connectivity index (χ1n) is 5.22. The Labute approximate surface area is 96.1 Å². The highest BCUT2D eigenvalue weighted by Crippen LogP contribution is 2.18. The molecule has 0 aliphatic heterocycles. The fraction of sp³-hybridized carbons (Fsp3) is 0.308. The van der Waals surface area contributed by atoms with Crippen LogP contribution in [0.25, 0.3) is 0 Å². The summed E-state index contributed by atoms with van der Waals surface area (Å²) in [7, 11) is 1.64. The number of hydrogen-bond donors (Lipinski definition) is 1. The summed E-state index contributed by atoms with van der Waals surface area (Å²) in [5.41, 5.74) is 1.09. The van der Waals surface area contributed by atoms with Crippen molar-refractivity contribution >= 4 is 5.91 Å². The third-order valence-electron chi connectivity index (χ3n) is 2.29. The molecule has 0 aliphatic rings. The minimum Gasteiger partial charge on any atom is -0.496 e. The second-order valence-corrected chi connectivity index (χ2v) is 3.63. The molecule has 0 saturated carbocycles. The first kappa shape index (κ1) is 12.3. The monoisotopic (exact) mass is 219 g/mol. The molecule has 16 heavy (non-hydrogen) atoms. The van der Waals surface area contributed by atoms with Gasteiger partial charge < -0.3 is 10.1 Å². The average Bonchev–Trinajstić information content (AvgIpc) is 2.29. The summed E-state index contributed by atoms with van der Waals surface area (Å²) >= 11 is 0. The van der Waals surface area contributed by atoms with Gasteiger partial charge in [0, 0.05) is 6.04 Å². The second-order valence-electron chi connectivity index (χ2n) is 3.63. The molecule has 86 valence electrons. The number of ether oxygens (including phenoxy) is 1. The fourth-order valence-corrected chi connectivity index (χ4v) is 1.55. The largest absolute Gasteiger partial charge is 0.496 e. The summed E-state index contributed by atoms with van der Waals surface area (Å²) in [6.45, 7) is 5.37. The van der Waals surface area contributed by atoms with Crippen molar-refractivity contribution in [2.24, 2.45) is 0 Å². The van der Waals surface area contributed by atoms with E-state index in [1.807, 2.05) is 31.2 Å². The third kappa shape index (κ3) is 3.42. The van der Waals surface area contributed by atoms with Crippen LogP contribution in [-0.2, 0) is 11.2 Å². The molecule has 0 fully saturated rings. The lowest BCUT2D eigenvalue weighted by Gasteiger charge is -2.14. The fourth-order valence-electron chi connectivity index (χ4n) is 1.55. The zero-order valence-electron chi connectivity index (χ0n) is 9.69. The summed E-state index contributed by atoms with van der Waals surface area (Å²) in [5.74, 6) is 0.699. The Kier molecular flexibility index (Phi) is 4.58. The van der Waals surface area contributed by atoms with Gasteiger partial charge in [0.2, 0.25) is 5.91 Å². The minimum atomic E-state index is -0.151. The number of carbonyl (C=O) groups excluding carboxylic acids is 1. The van der Waals surface area contributed by atoms with Crippen molar-refractivity contribution in [2.75, 3.05) is 7.11 Å². The van der Waals surface area contributed by atoms with Gasteiger partial charge in [-0.05, 0) is 31.1 Å². The van der Waals surface area contributed by atoms with E-state index in [0.717, 1.165) is 17.7 Å². The van der Waals surface area contributed by atoms with Crippen LogP contribution in [0.1, 0.15) is 12.5 Å². The van der Waals surface area contributed by atoms with E-state index < -0.39 is 0 Å². The van der Waals surface area contributed by atoms with Crippen molar-refractivity contribution in [2.45, 2.75) is 19.4 Å². The van der Waals surface area contributed by atoms with Crippen LogP contribution in [-0.4, -0.2) is 19.1 Å². The number of benzene rings is 1. The average molecular weight is 219 g/mol. The van der Waals surface area contributed by atoms with E-state index in [9.17, 15) is 4.79 Å². The molecule has 0 aromatic heterocycles. The van der Waals surface area contributed by atoms with E-state index in [1.54, 1.807) is 7.11 Å². The van der Waals surface area contributed by atoms with Crippen molar-refractivity contribution in [1.29, 1.82) is 0 Å². The van der Waals surface area contributed by atoms with Crippen LogP contribution in [0.5, 0.6) is 5.75 Å². The van der Waals surface area contributed by atoms with Gasteiger partial charge in [0.05, 0.1) is 7.11 Å². The van der Waals surface area contributed by atoms with Gasteiger partial charge in [0.15, 0.2) is 0 Å². The van der Waals surface area contributed by atoms with Gasteiger partial charge in [-0.25, -0.2) is 0 Å². The quantitative estimate of drug-likeness (QED) is 0.768. The topological polar surface area (TPSA) is 38.3 Å². The Hall–Kier alpha value is -1.77. The van der Waals surface area contributed by atoms with E-state index in [0.29, 0.717) is 0 Å². The summed E-state index contributed by atoms with van der Waals surface area (Å²) < 4.78 is 5.24. The number of methoxy groups -OCH3 is 1. The summed E-state index contributed by atoms with van der Waals surface area (Å²) in [5, 5.41) is 2.82. The van der Waals surface area contributed by atoms with Gasteiger partial charge in [-0.3, -0.25) is 4.79 Å². The lowest BCUT2D eigenvalue weighted by molar-refractivity contribution is -0.117. The molecule has 0 spiro atoms. The molecule has 1 amide bonds. The zero-order valence-corrected chi connectivity index (χ0v) is 9.69. The highest BCUT2D eigenvalue weighted by molar-refractivity contribution is 5.87. The molecule has 1 N–H and O–H groups in total. The Morgan fingerprint density at radius 3 is 2.88 bits per heavy atom. The highest BCUT2D eigenvalue weighted by atomic mass is 16.5. The molecule has 1 aromatic rings. The van der Waals surface area contributed by atoms with Crippen LogP contribution in [0.15, 0.2) is 36.9 Å². The Bertz CT molecular complexity index is 374. The smallest absolute Gasteiger partial charge is 0.243 e. The van der Waals surface area contributed by atoms with Gasteiger partial charge >= 0.3 is 0 Å². The molecule has 0 heterocycles. The van der Waals surface area contributed by atoms with Crippen LogP contribution in [0.4, 0.5) is 0 Å². The SMILES string of the molecule is C=CC(=O)N[C@H](C)Cc1ccccc1OC. The number of carbonyl (C=O) groups is 1. The third-order valence-corrected chi connectivity index (χ3v) is 2.29. The molecule has 0 saturated heterocycles. The molecule has 0 aliphatic carbocycles. The van der Waals surface area contributed by atoms with Gasteiger partial charge in [0.1, 0.15) is 5.75 Å². The van der Waals surface area contributed by atoms with Crippen LogP contribution in [0.2, 0.25) is 0 Å². The van der Waals surface area contributed by atoms with Crippen molar-refractivity contribution in [3.63, 3.8) is 0 Å². The second kappa shape index (κ2) is 5.95. The van der Waals surface area contributed by atoms with Crippen LogP contribution < -0.4 is 10.1 Å². The Morgan fingerprint density at radius 2 is 2.25 bits per heavy atom. The predicted molar refractivity (Wildman–Crippen MR) is 64.5 cm³/mol. The van der Waals surface area contributed by atoms with Gasteiger partial charge in [-0.15, -0.1) is 0 Å². The molecule has 1 rings (SSSR count). The minimum absolute atomic E-state index is 0.0572. The number of nitrogens with one attached hydrogen (secondary N) is 1. The maximum atomic E-state index is 11.1. The van der Waals surface area contributed by atoms with E-state index in [-0.39, 0.29) is 11.9 Å². The molecular weight excluding hydrogens is 202 g/mol. The molecular formula is C13H17NO2. The Balaban J connectivity index is 2.65. The van der Waals surface area contributed by atoms with Crippen LogP contribution in [0.3, 0.4) is 0 Å². The van der Waals surface area contributed by atoms with E-state index >= 15 is 0 Å². The number of para-hydroxylation sites is 1. The van der Waals surface area contributed by atoms with Crippen LogP contribution in [0, 0.1) is 0 Å². The van der Waals surface area contributed by atoms with E-state index in [1.165, 1.54) is 6.08 Å². The predicted octanol–water partition coefficient (Wildman–Crippen LogP) is 1.93. The van der Waals surface area contributed by atoms with E-state index in [2.05, 4.69) is 11.9 Å². The first-order valence-corrected chi connectivity index (χ1v) is 5.22. The lowest BCUT2D eigenvalue weighted by atomic mass is 10.1. The standard InChI is InChI=1S/C13H17NO2/c1-4-13(15)14-10(2)9-11-7-5-6-8-12(11)16-3/h4-8,10H,1,9H2,2-3H3,(H,14,15)/t10-/m1/s1. The Morgan fingerprint density at radius 1 is 1.56 bits per heavy atom. The number of amides is 1. The molecule has 1 aromatic carbocycles. The zero-order chi connectivity index (χ0) is 12.0. The summed E-state index contributed by atoms with van der Waals surface area (Å²) in [6, 6.07) is 7.85. The number of hydrogen-bond acceptors (Lipinski definition) is 2. The normalized spacial score (nSPS) is 11.6. The van der Waals surface area contributed by atoms with Gasteiger partial charge in [-0.1, -0.05) is 24.8 Å². The molecule has 3 heteroatoms. The highest BCUT2D eigenvalue weighted by Gasteiger charge is 2.08. The van der Waals surface area contributed by atoms with Gasteiger partial charge in [-0.2, -0.15) is 0 Å². The molecule has 0 radical (unpaired) electrons. The van der Waals surface area contributed by atoms with Crippen molar-refractivity contribution in [3.8, 4) is 5.75 Å². The molecule has 3 nitrogen and oxygen atoms in total. The van der Waals surface area contributed by atoms with Crippen molar-refractivity contribution in [3.05, 3.63) is 42.5 Å². The number of rotatable bonds is 5. The van der Waals surface area contributed by atoms with Crippen molar-refractivity contribution < 1.29 is 9.53 Å². The molecule has 0 bridgehead atoms. The molecule has 0 unspecified atom stereocenters. The van der Waals surface area contributed by atoms with E-state index in [4.69, 9.17) is 4.74 Å². The van der Waals surface area contributed by atoms with Crippen molar-refractivity contribution in [1.82, 2.24) is 5.32 Å². The summed E-state index contributed by atoms with van der Waals surface area (Å²) in [4.78, 5) is 11.1.